The third-order valence-electron chi connectivity index (χ3n) is 1.10. The van der Waals surface area contributed by atoms with E-state index in [-0.39, 0.29) is 0 Å². The molecule has 0 aromatic heterocycles. The molecule has 0 spiro atoms. The molecule has 0 amide bonds. The third-order valence-corrected chi connectivity index (χ3v) is 1.10. The number of hydrogen-bond donors (Lipinski definition) is 0. The van der Waals surface area contributed by atoms with Gasteiger partial charge >= 0.3 is 0 Å². The highest BCUT2D eigenvalue weighted by Gasteiger charge is 1.84. The van der Waals surface area contributed by atoms with Crippen LogP contribution < -0.4 is 0 Å². The molecule has 0 aromatic carbocycles. The van der Waals surface area contributed by atoms with Gasteiger partial charge in [-0.2, -0.15) is 0 Å². The maximum atomic E-state index is 5.15. The summed E-state index contributed by atoms with van der Waals surface area (Å²) in [6.07, 6.45) is 4.43. The van der Waals surface area contributed by atoms with Crippen molar-refractivity contribution in [2.45, 2.75) is 20.3 Å². The minimum Gasteiger partial charge on any atom is -0.501 e. The zero-order valence-electron chi connectivity index (χ0n) is 7.39. The summed E-state index contributed by atoms with van der Waals surface area (Å²) in [6, 6.07) is 0. The largest absolute Gasteiger partial charge is 0.501 e. The van der Waals surface area contributed by atoms with E-state index in [1.807, 2.05) is 19.9 Å². The maximum absolute atomic E-state index is 5.15. The van der Waals surface area contributed by atoms with Gasteiger partial charge in [0, 0.05) is 6.42 Å². The lowest BCUT2D eigenvalue weighted by molar-refractivity contribution is 0.253. The molecule has 0 radical (unpaired) electrons. The number of allylic oxidation sites excluding steroid dienone is 2. The molecule has 0 saturated carbocycles. The number of hydrogen-bond acceptors (Lipinski definition) is 1. The maximum Gasteiger partial charge on any atom is 0.0910 e. The molecule has 0 heterocycles. The van der Waals surface area contributed by atoms with Gasteiger partial charge in [0.15, 0.2) is 0 Å². The summed E-state index contributed by atoms with van der Waals surface area (Å²) in [5, 5.41) is 0. The van der Waals surface area contributed by atoms with E-state index in [1.54, 1.807) is 6.26 Å². The van der Waals surface area contributed by atoms with Crippen LogP contribution in [-0.4, -0.2) is 6.61 Å². The molecule has 0 saturated heterocycles. The second-order valence-electron chi connectivity index (χ2n) is 2.73. The van der Waals surface area contributed by atoms with Crippen molar-refractivity contribution in [1.29, 1.82) is 0 Å². The van der Waals surface area contributed by atoms with Crippen molar-refractivity contribution in [3.8, 4) is 0 Å². The summed E-state index contributed by atoms with van der Waals surface area (Å²) >= 11 is 0. The van der Waals surface area contributed by atoms with Crippen molar-refractivity contribution in [2.75, 3.05) is 6.61 Å². The molecular formula is C10H16O. The van der Waals surface area contributed by atoms with Crippen molar-refractivity contribution in [3.63, 3.8) is 0 Å². The van der Waals surface area contributed by atoms with Crippen molar-refractivity contribution >= 4 is 0 Å². The Labute approximate surface area is 69.1 Å². The highest BCUT2D eigenvalue weighted by Crippen LogP contribution is 1.96. The van der Waals surface area contributed by atoms with Gasteiger partial charge in [0.2, 0.25) is 0 Å². The summed E-state index contributed by atoms with van der Waals surface area (Å²) < 4.78 is 5.15. The molecule has 0 bridgehead atoms. The van der Waals surface area contributed by atoms with E-state index >= 15 is 0 Å². The van der Waals surface area contributed by atoms with Crippen molar-refractivity contribution in [2.24, 2.45) is 0 Å². The van der Waals surface area contributed by atoms with Gasteiger partial charge in [0.25, 0.3) is 0 Å². The van der Waals surface area contributed by atoms with Gasteiger partial charge in [-0.25, -0.2) is 0 Å². The smallest absolute Gasteiger partial charge is 0.0910 e. The third kappa shape index (κ3) is 9.02. The average molecular weight is 152 g/mol. The predicted octanol–water partition coefficient (Wildman–Crippen LogP) is 3.06. The van der Waals surface area contributed by atoms with Crippen LogP contribution in [-0.2, 0) is 4.74 Å². The summed E-state index contributed by atoms with van der Waals surface area (Å²) in [6.45, 7) is 12.1. The Bertz CT molecular complexity index is 166. The normalized spacial score (nSPS) is 10.0. The highest BCUT2D eigenvalue weighted by molar-refractivity contribution is 5.08. The molecule has 0 unspecified atom stereocenters. The van der Waals surface area contributed by atoms with Gasteiger partial charge in [-0.3, -0.25) is 0 Å². The molecule has 1 nitrogen and oxygen atoms in total. The first kappa shape index (κ1) is 10.0. The van der Waals surface area contributed by atoms with Crippen LogP contribution in [0.25, 0.3) is 0 Å². The molecule has 1 heteroatoms. The Morgan fingerprint density at radius 2 is 2.00 bits per heavy atom. The highest BCUT2D eigenvalue weighted by atomic mass is 16.5. The van der Waals surface area contributed by atoms with Crippen molar-refractivity contribution in [1.82, 2.24) is 0 Å². The lowest BCUT2D eigenvalue weighted by atomic mass is 10.3. The monoisotopic (exact) mass is 152 g/mol. The second-order valence-corrected chi connectivity index (χ2v) is 2.73. The minimum atomic E-state index is 0.707. The van der Waals surface area contributed by atoms with Crippen molar-refractivity contribution < 1.29 is 4.74 Å². The zero-order valence-corrected chi connectivity index (χ0v) is 7.39. The van der Waals surface area contributed by atoms with E-state index in [0.717, 1.165) is 17.6 Å². The first-order chi connectivity index (χ1) is 5.13. The van der Waals surface area contributed by atoms with E-state index < -0.39 is 0 Å². The van der Waals surface area contributed by atoms with E-state index in [9.17, 15) is 0 Å². The fraction of sp³-hybridized carbons (Fsp3) is 0.400. The Balaban J connectivity index is 3.27. The van der Waals surface area contributed by atoms with Gasteiger partial charge in [0.1, 0.15) is 0 Å². The van der Waals surface area contributed by atoms with Crippen LogP contribution in [0, 0.1) is 0 Å². The first-order valence-electron chi connectivity index (χ1n) is 3.71. The average Bonchev–Trinajstić information content (AvgIpc) is 1.85. The van der Waals surface area contributed by atoms with Gasteiger partial charge in [0.05, 0.1) is 12.9 Å². The van der Waals surface area contributed by atoms with Crippen LogP contribution in [0.1, 0.15) is 20.3 Å². The Kier molecular flexibility index (Phi) is 5.26. The van der Waals surface area contributed by atoms with E-state index in [4.69, 9.17) is 4.74 Å². The fourth-order valence-electron chi connectivity index (χ4n) is 0.465. The van der Waals surface area contributed by atoms with Crippen LogP contribution in [0.2, 0.25) is 0 Å². The topological polar surface area (TPSA) is 9.23 Å². The Morgan fingerprint density at radius 1 is 1.36 bits per heavy atom. The summed E-state index contributed by atoms with van der Waals surface area (Å²) in [5.74, 6) is 0. The Morgan fingerprint density at radius 3 is 2.45 bits per heavy atom. The van der Waals surface area contributed by atoms with Crippen LogP contribution in [0.15, 0.2) is 36.6 Å². The standard InChI is InChI=1S/C10H16O/c1-9(2)5-7-11-8-6-10(3)4/h5,7H,1,3,6,8H2,2,4H3. The van der Waals surface area contributed by atoms with E-state index in [0.29, 0.717) is 6.61 Å². The lowest BCUT2D eigenvalue weighted by Crippen LogP contribution is -1.87. The number of rotatable bonds is 5. The van der Waals surface area contributed by atoms with Crippen LogP contribution in [0.4, 0.5) is 0 Å². The molecule has 0 aromatic rings. The van der Waals surface area contributed by atoms with Gasteiger partial charge < -0.3 is 4.74 Å². The van der Waals surface area contributed by atoms with Gasteiger partial charge in [-0.1, -0.05) is 17.7 Å². The SMILES string of the molecule is C=C(C)C=COCCC(=C)C. The quantitative estimate of drug-likeness (QED) is 0.254. The molecular weight excluding hydrogens is 136 g/mol. The summed E-state index contributed by atoms with van der Waals surface area (Å²) in [7, 11) is 0. The Hall–Kier alpha value is -0.980. The predicted molar refractivity (Wildman–Crippen MR) is 49.3 cm³/mol. The van der Waals surface area contributed by atoms with E-state index in [2.05, 4.69) is 13.2 Å². The zero-order chi connectivity index (χ0) is 8.69. The van der Waals surface area contributed by atoms with E-state index in [1.165, 1.54) is 0 Å². The molecule has 11 heavy (non-hydrogen) atoms. The molecule has 0 aliphatic rings. The molecule has 0 rings (SSSR count). The molecule has 62 valence electrons. The number of ether oxygens (including phenoxy) is 1. The summed E-state index contributed by atoms with van der Waals surface area (Å²) in [4.78, 5) is 0. The summed E-state index contributed by atoms with van der Waals surface area (Å²) in [5.41, 5.74) is 2.15. The fourth-order valence-corrected chi connectivity index (χ4v) is 0.465. The van der Waals surface area contributed by atoms with Gasteiger partial charge in [-0.05, 0) is 19.9 Å². The molecule has 0 aliphatic heterocycles. The molecule has 0 N–H and O–H groups in total. The van der Waals surface area contributed by atoms with Crippen LogP contribution in [0.5, 0.6) is 0 Å². The van der Waals surface area contributed by atoms with Gasteiger partial charge in [-0.15, -0.1) is 6.58 Å². The minimum absolute atomic E-state index is 0.707. The lowest BCUT2D eigenvalue weighted by Gasteiger charge is -1.98. The van der Waals surface area contributed by atoms with Crippen molar-refractivity contribution in [3.05, 3.63) is 36.6 Å². The second kappa shape index (κ2) is 5.78. The molecule has 0 atom stereocenters. The molecule has 0 aliphatic carbocycles. The van der Waals surface area contributed by atoms with Crippen LogP contribution in [0.3, 0.4) is 0 Å². The molecule has 0 fully saturated rings. The first-order valence-corrected chi connectivity index (χ1v) is 3.71. The van der Waals surface area contributed by atoms with Crippen LogP contribution >= 0.6 is 0 Å².